The average molecular weight is 476 g/mol. The number of benzene rings is 2. The zero-order valence-electron chi connectivity index (χ0n) is 17.8. The second-order valence-electron chi connectivity index (χ2n) is 8.02. The first-order valence-corrected chi connectivity index (χ1v) is 10.9. The van der Waals surface area contributed by atoms with Crippen molar-refractivity contribution in [1.29, 1.82) is 0 Å². The molecule has 1 amide bonds. The minimum Gasteiger partial charge on any atom is -0.334 e. The maximum atomic E-state index is 13.6. The van der Waals surface area contributed by atoms with Crippen LogP contribution in [0, 0.1) is 6.92 Å². The van der Waals surface area contributed by atoms with Crippen molar-refractivity contribution >= 4 is 17.5 Å². The molecular weight excluding hydrogens is 455 g/mol. The van der Waals surface area contributed by atoms with Gasteiger partial charge in [-0.3, -0.25) is 9.59 Å². The zero-order valence-corrected chi connectivity index (χ0v) is 18.5. The molecule has 1 atom stereocenters. The Morgan fingerprint density at radius 2 is 1.85 bits per heavy atom. The lowest BCUT2D eigenvalue weighted by Crippen LogP contribution is -2.40. The van der Waals surface area contributed by atoms with E-state index in [1.165, 1.54) is 25.1 Å². The molecular formula is C24H21ClF3N3O2. The highest BCUT2D eigenvalue weighted by molar-refractivity contribution is 6.31. The third kappa shape index (κ3) is 4.66. The molecule has 1 saturated heterocycles. The molecule has 1 aliphatic rings. The van der Waals surface area contributed by atoms with Gasteiger partial charge in [-0.25, -0.2) is 4.68 Å². The van der Waals surface area contributed by atoms with Gasteiger partial charge in [0, 0.05) is 29.4 Å². The number of rotatable bonds is 4. The van der Waals surface area contributed by atoms with E-state index < -0.39 is 28.8 Å². The van der Waals surface area contributed by atoms with Crippen molar-refractivity contribution in [3.05, 3.63) is 92.4 Å². The number of aromatic nitrogens is 2. The Morgan fingerprint density at radius 3 is 2.58 bits per heavy atom. The van der Waals surface area contributed by atoms with Gasteiger partial charge in [-0.15, -0.1) is 0 Å². The summed E-state index contributed by atoms with van der Waals surface area (Å²) < 4.78 is 41.7. The highest BCUT2D eigenvalue weighted by Gasteiger charge is 2.35. The standard InChI is InChI=1S/C24H21ClF3N3O2/c1-15-13-21(32)22(29-31(15)20-11-5-3-9-18(20)24(26,27)28)23(33)30-12-6-8-17(30)14-16-7-2-4-10-19(16)25/h2-5,7,9-11,13,17H,6,8,12,14H2,1H3. The van der Waals surface area contributed by atoms with Gasteiger partial charge in [-0.1, -0.05) is 41.9 Å². The molecule has 1 unspecified atom stereocenters. The van der Waals surface area contributed by atoms with Gasteiger partial charge < -0.3 is 4.90 Å². The van der Waals surface area contributed by atoms with Gasteiger partial charge in [0.2, 0.25) is 5.43 Å². The molecule has 0 spiro atoms. The molecule has 4 rings (SSSR count). The summed E-state index contributed by atoms with van der Waals surface area (Å²) in [4.78, 5) is 27.6. The van der Waals surface area contributed by atoms with Crippen LogP contribution in [0.25, 0.3) is 5.69 Å². The maximum absolute atomic E-state index is 13.6. The Hall–Kier alpha value is -3.13. The summed E-state index contributed by atoms with van der Waals surface area (Å²) in [7, 11) is 0. The van der Waals surface area contributed by atoms with Crippen molar-refractivity contribution in [2.75, 3.05) is 6.54 Å². The number of para-hydroxylation sites is 1. The quantitative estimate of drug-likeness (QED) is 0.530. The normalized spacial score (nSPS) is 16.3. The summed E-state index contributed by atoms with van der Waals surface area (Å²) in [5, 5.41) is 4.70. The van der Waals surface area contributed by atoms with Crippen LogP contribution in [0.1, 0.15) is 40.2 Å². The van der Waals surface area contributed by atoms with Crippen molar-refractivity contribution in [2.24, 2.45) is 0 Å². The van der Waals surface area contributed by atoms with Crippen LogP contribution >= 0.6 is 11.6 Å². The van der Waals surface area contributed by atoms with Crippen molar-refractivity contribution < 1.29 is 18.0 Å². The number of alkyl halides is 3. The smallest absolute Gasteiger partial charge is 0.334 e. The zero-order chi connectivity index (χ0) is 23.8. The number of halogens is 4. The van der Waals surface area contributed by atoms with Crippen molar-refractivity contribution in [2.45, 2.75) is 38.4 Å². The highest BCUT2D eigenvalue weighted by atomic mass is 35.5. The van der Waals surface area contributed by atoms with Gasteiger partial charge in [0.25, 0.3) is 5.91 Å². The van der Waals surface area contributed by atoms with Crippen LogP contribution in [-0.4, -0.2) is 33.2 Å². The number of hydrogen-bond donors (Lipinski definition) is 0. The molecule has 2 heterocycles. The molecule has 9 heteroatoms. The number of aryl methyl sites for hydroxylation is 1. The Balaban J connectivity index is 1.71. The second-order valence-corrected chi connectivity index (χ2v) is 8.42. The molecule has 33 heavy (non-hydrogen) atoms. The summed E-state index contributed by atoms with van der Waals surface area (Å²) in [6.45, 7) is 1.91. The number of carbonyl (C=O) groups is 1. The molecule has 0 saturated carbocycles. The van der Waals surface area contributed by atoms with Gasteiger partial charge in [0.15, 0.2) is 5.69 Å². The maximum Gasteiger partial charge on any atom is 0.418 e. The fourth-order valence-electron chi connectivity index (χ4n) is 4.21. The number of likely N-dealkylation sites (tertiary alicyclic amines) is 1. The molecule has 2 aromatic carbocycles. The Labute approximate surface area is 193 Å². The average Bonchev–Trinajstić information content (AvgIpc) is 3.23. The lowest BCUT2D eigenvalue weighted by atomic mass is 10.0. The SMILES string of the molecule is Cc1cc(=O)c(C(=O)N2CCCC2Cc2ccccc2Cl)nn1-c1ccccc1C(F)(F)F. The van der Waals surface area contributed by atoms with Gasteiger partial charge in [0.05, 0.1) is 11.3 Å². The van der Waals surface area contributed by atoms with Crippen LogP contribution < -0.4 is 5.43 Å². The molecule has 172 valence electrons. The van der Waals surface area contributed by atoms with E-state index in [9.17, 15) is 22.8 Å². The van der Waals surface area contributed by atoms with Crippen LogP contribution in [0.15, 0.2) is 59.4 Å². The van der Waals surface area contributed by atoms with Crippen LogP contribution in [0.2, 0.25) is 5.02 Å². The van der Waals surface area contributed by atoms with Crippen LogP contribution in [0.3, 0.4) is 0 Å². The van der Waals surface area contributed by atoms with E-state index in [1.807, 2.05) is 18.2 Å². The van der Waals surface area contributed by atoms with E-state index in [0.29, 0.717) is 18.0 Å². The largest absolute Gasteiger partial charge is 0.418 e. The fraction of sp³-hybridized carbons (Fsp3) is 0.292. The molecule has 5 nitrogen and oxygen atoms in total. The van der Waals surface area contributed by atoms with Crippen LogP contribution in [0.4, 0.5) is 13.2 Å². The minimum absolute atomic E-state index is 0.184. The summed E-state index contributed by atoms with van der Waals surface area (Å²) in [6, 6.07) is 13.2. The van der Waals surface area contributed by atoms with E-state index in [0.717, 1.165) is 35.2 Å². The van der Waals surface area contributed by atoms with E-state index in [2.05, 4.69) is 5.10 Å². The second kappa shape index (κ2) is 9.02. The topological polar surface area (TPSA) is 55.2 Å². The molecule has 0 bridgehead atoms. The molecule has 3 aromatic rings. The fourth-order valence-corrected chi connectivity index (χ4v) is 4.42. The summed E-state index contributed by atoms with van der Waals surface area (Å²) in [5.74, 6) is -0.590. The summed E-state index contributed by atoms with van der Waals surface area (Å²) >= 11 is 6.27. The molecule has 1 aromatic heterocycles. The Bertz CT molecular complexity index is 1260. The predicted molar refractivity (Wildman–Crippen MR) is 119 cm³/mol. The number of nitrogens with zero attached hydrogens (tertiary/aromatic N) is 3. The molecule has 0 aliphatic carbocycles. The van der Waals surface area contributed by atoms with Crippen molar-refractivity contribution in [1.82, 2.24) is 14.7 Å². The molecule has 0 N–H and O–H groups in total. The first-order valence-electron chi connectivity index (χ1n) is 10.5. The van der Waals surface area contributed by atoms with Crippen LogP contribution in [0.5, 0.6) is 0 Å². The molecule has 1 aliphatic heterocycles. The third-order valence-electron chi connectivity index (χ3n) is 5.80. The van der Waals surface area contributed by atoms with E-state index in [1.54, 1.807) is 11.0 Å². The van der Waals surface area contributed by atoms with Gasteiger partial charge >= 0.3 is 6.18 Å². The number of carbonyl (C=O) groups excluding carboxylic acids is 1. The Kier molecular flexibility index (Phi) is 6.30. The van der Waals surface area contributed by atoms with E-state index in [4.69, 9.17) is 11.6 Å². The lowest BCUT2D eigenvalue weighted by molar-refractivity contribution is -0.137. The minimum atomic E-state index is -4.62. The summed E-state index contributed by atoms with van der Waals surface area (Å²) in [6.07, 6.45) is -2.62. The van der Waals surface area contributed by atoms with E-state index in [-0.39, 0.29) is 17.4 Å². The highest BCUT2D eigenvalue weighted by Crippen LogP contribution is 2.33. The first kappa shape index (κ1) is 23.0. The van der Waals surface area contributed by atoms with Crippen LogP contribution in [-0.2, 0) is 12.6 Å². The predicted octanol–water partition coefficient (Wildman–Crippen LogP) is 5.06. The number of hydrogen-bond acceptors (Lipinski definition) is 3. The van der Waals surface area contributed by atoms with Gasteiger partial charge in [-0.05, 0) is 49.9 Å². The molecule has 1 fully saturated rings. The van der Waals surface area contributed by atoms with Gasteiger partial charge in [0.1, 0.15) is 0 Å². The van der Waals surface area contributed by atoms with Gasteiger partial charge in [-0.2, -0.15) is 18.3 Å². The Morgan fingerprint density at radius 1 is 1.15 bits per heavy atom. The molecule has 0 radical (unpaired) electrons. The first-order chi connectivity index (χ1) is 15.7. The number of amides is 1. The van der Waals surface area contributed by atoms with E-state index >= 15 is 0 Å². The summed E-state index contributed by atoms with van der Waals surface area (Å²) in [5.41, 5.74) is -1.09. The van der Waals surface area contributed by atoms with Crippen molar-refractivity contribution in [3.8, 4) is 5.69 Å². The lowest BCUT2D eigenvalue weighted by Gasteiger charge is -2.25. The third-order valence-corrected chi connectivity index (χ3v) is 6.17. The van der Waals surface area contributed by atoms with Crippen molar-refractivity contribution in [3.63, 3.8) is 0 Å². The monoisotopic (exact) mass is 475 g/mol.